The smallest absolute Gasteiger partial charge is 0.421 e. The molecule has 0 saturated heterocycles. The van der Waals surface area contributed by atoms with Gasteiger partial charge in [0.25, 0.3) is 0 Å². The number of hydrazine groups is 1. The van der Waals surface area contributed by atoms with Crippen LogP contribution in [0.1, 0.15) is 25.5 Å². The maximum Gasteiger partial charge on any atom is 0.421 e. The predicted octanol–water partition coefficient (Wildman–Crippen LogP) is 2.00. The van der Waals surface area contributed by atoms with E-state index in [2.05, 4.69) is 10.9 Å². The molecule has 0 unspecified atom stereocenters. The van der Waals surface area contributed by atoms with E-state index in [1.807, 2.05) is 37.3 Å². The van der Waals surface area contributed by atoms with E-state index in [1.165, 1.54) is 0 Å². The first-order valence-electron chi connectivity index (χ1n) is 4.97. The first-order chi connectivity index (χ1) is 7.24. The first-order valence-corrected chi connectivity index (χ1v) is 4.97. The largest absolute Gasteiger partial charge is 0.449 e. The Hall–Kier alpha value is -1.55. The normalized spacial score (nSPS) is 11.9. The number of carbonyl (C=O) groups is 1. The summed E-state index contributed by atoms with van der Waals surface area (Å²) in [6.07, 6.45) is -0.458. The number of hydrogen-bond acceptors (Lipinski definition) is 3. The highest BCUT2D eigenvalue weighted by Crippen LogP contribution is 2.09. The molecule has 1 aromatic carbocycles. The van der Waals surface area contributed by atoms with Crippen molar-refractivity contribution in [3.05, 3.63) is 35.9 Å². The molecule has 0 aliphatic carbocycles. The molecule has 1 atom stereocenters. The lowest BCUT2D eigenvalue weighted by molar-refractivity contribution is 0.145. The van der Waals surface area contributed by atoms with Crippen molar-refractivity contribution in [2.45, 2.75) is 19.9 Å². The van der Waals surface area contributed by atoms with Crippen LogP contribution in [0.15, 0.2) is 30.3 Å². The molecule has 0 radical (unpaired) electrons. The molecule has 0 aliphatic rings. The standard InChI is InChI=1S/C11H16N2O2/c1-3-15-11(14)13-12-9(2)10-7-5-4-6-8-10/h4-9,12H,3H2,1-2H3,(H,13,14)/t9-/m1/s1. The van der Waals surface area contributed by atoms with Crippen LogP contribution in [0.5, 0.6) is 0 Å². The van der Waals surface area contributed by atoms with Crippen molar-refractivity contribution in [3.8, 4) is 0 Å². The van der Waals surface area contributed by atoms with Crippen molar-refractivity contribution in [1.29, 1.82) is 0 Å². The van der Waals surface area contributed by atoms with Gasteiger partial charge in [0.1, 0.15) is 0 Å². The highest BCUT2D eigenvalue weighted by atomic mass is 16.5. The fourth-order valence-corrected chi connectivity index (χ4v) is 1.16. The lowest BCUT2D eigenvalue weighted by Crippen LogP contribution is -2.39. The molecule has 15 heavy (non-hydrogen) atoms. The zero-order valence-corrected chi connectivity index (χ0v) is 8.99. The van der Waals surface area contributed by atoms with Crippen LogP contribution in [0, 0.1) is 0 Å². The second-order valence-electron chi connectivity index (χ2n) is 3.12. The van der Waals surface area contributed by atoms with Gasteiger partial charge in [-0.1, -0.05) is 30.3 Å². The van der Waals surface area contributed by atoms with Crippen LogP contribution in [-0.2, 0) is 4.74 Å². The summed E-state index contributed by atoms with van der Waals surface area (Å²) in [5.74, 6) is 0. The fourth-order valence-electron chi connectivity index (χ4n) is 1.16. The van der Waals surface area contributed by atoms with Crippen molar-refractivity contribution in [1.82, 2.24) is 10.9 Å². The molecule has 0 bridgehead atoms. The van der Waals surface area contributed by atoms with E-state index in [4.69, 9.17) is 4.74 Å². The van der Waals surface area contributed by atoms with Gasteiger partial charge in [0.15, 0.2) is 0 Å². The Morgan fingerprint density at radius 2 is 2.07 bits per heavy atom. The summed E-state index contributed by atoms with van der Waals surface area (Å²) < 4.78 is 4.72. The van der Waals surface area contributed by atoms with Crippen LogP contribution in [0.2, 0.25) is 0 Å². The molecule has 4 nitrogen and oxygen atoms in total. The number of nitrogens with one attached hydrogen (secondary N) is 2. The SMILES string of the molecule is CCOC(=O)NN[C@H](C)c1ccccc1. The zero-order chi connectivity index (χ0) is 11.1. The summed E-state index contributed by atoms with van der Waals surface area (Å²) in [6, 6.07) is 9.90. The summed E-state index contributed by atoms with van der Waals surface area (Å²) in [5.41, 5.74) is 6.44. The van der Waals surface area contributed by atoms with Crippen LogP contribution in [0.4, 0.5) is 4.79 Å². The van der Waals surface area contributed by atoms with Gasteiger partial charge in [0.05, 0.1) is 6.61 Å². The Morgan fingerprint density at radius 3 is 2.67 bits per heavy atom. The third kappa shape index (κ3) is 3.99. The van der Waals surface area contributed by atoms with Gasteiger partial charge >= 0.3 is 6.09 Å². The number of ether oxygens (including phenoxy) is 1. The van der Waals surface area contributed by atoms with E-state index >= 15 is 0 Å². The van der Waals surface area contributed by atoms with Crippen LogP contribution < -0.4 is 10.9 Å². The molecule has 0 aromatic heterocycles. The van der Waals surface area contributed by atoms with Gasteiger partial charge in [-0.05, 0) is 19.4 Å². The van der Waals surface area contributed by atoms with E-state index in [1.54, 1.807) is 6.92 Å². The molecule has 1 aromatic rings. The van der Waals surface area contributed by atoms with E-state index in [0.717, 1.165) is 5.56 Å². The minimum Gasteiger partial charge on any atom is -0.449 e. The Balaban J connectivity index is 2.37. The topological polar surface area (TPSA) is 50.4 Å². The highest BCUT2D eigenvalue weighted by Gasteiger charge is 2.05. The van der Waals surface area contributed by atoms with Crippen molar-refractivity contribution >= 4 is 6.09 Å². The van der Waals surface area contributed by atoms with E-state index in [-0.39, 0.29) is 6.04 Å². The molecule has 0 heterocycles. The van der Waals surface area contributed by atoms with Crippen LogP contribution in [0.3, 0.4) is 0 Å². The van der Waals surface area contributed by atoms with Crippen molar-refractivity contribution in [3.63, 3.8) is 0 Å². The Morgan fingerprint density at radius 1 is 1.40 bits per heavy atom. The Bertz CT molecular complexity index is 301. The third-order valence-corrected chi connectivity index (χ3v) is 1.97. The molecule has 0 aliphatic heterocycles. The third-order valence-electron chi connectivity index (χ3n) is 1.97. The second kappa shape index (κ2) is 6.03. The highest BCUT2D eigenvalue weighted by molar-refractivity contribution is 5.66. The van der Waals surface area contributed by atoms with Gasteiger partial charge in [-0.3, -0.25) is 5.43 Å². The average Bonchev–Trinajstić information content (AvgIpc) is 2.27. The molecular weight excluding hydrogens is 192 g/mol. The fraction of sp³-hybridized carbons (Fsp3) is 0.364. The number of carbonyl (C=O) groups excluding carboxylic acids is 1. The summed E-state index contributed by atoms with van der Waals surface area (Å²) in [6.45, 7) is 4.09. The molecule has 4 heteroatoms. The summed E-state index contributed by atoms with van der Waals surface area (Å²) >= 11 is 0. The molecule has 0 fully saturated rings. The monoisotopic (exact) mass is 208 g/mol. The molecular formula is C11H16N2O2. The van der Waals surface area contributed by atoms with E-state index in [0.29, 0.717) is 6.61 Å². The van der Waals surface area contributed by atoms with Crippen LogP contribution in [-0.4, -0.2) is 12.7 Å². The lowest BCUT2D eigenvalue weighted by atomic mass is 10.1. The molecule has 1 amide bonds. The molecule has 2 N–H and O–H groups in total. The van der Waals surface area contributed by atoms with Crippen molar-refractivity contribution in [2.75, 3.05) is 6.61 Å². The maximum absolute atomic E-state index is 11.0. The van der Waals surface area contributed by atoms with Gasteiger partial charge in [0.2, 0.25) is 0 Å². The van der Waals surface area contributed by atoms with E-state index < -0.39 is 6.09 Å². The number of hydrogen-bond donors (Lipinski definition) is 2. The van der Waals surface area contributed by atoms with E-state index in [9.17, 15) is 4.79 Å². The zero-order valence-electron chi connectivity index (χ0n) is 8.99. The summed E-state index contributed by atoms with van der Waals surface area (Å²) in [7, 11) is 0. The van der Waals surface area contributed by atoms with Crippen LogP contribution in [0.25, 0.3) is 0 Å². The van der Waals surface area contributed by atoms with Gasteiger partial charge in [-0.25, -0.2) is 10.2 Å². The molecule has 1 rings (SSSR count). The molecule has 82 valence electrons. The Kier molecular flexibility index (Phi) is 4.63. The van der Waals surface area contributed by atoms with Gasteiger partial charge in [0, 0.05) is 6.04 Å². The van der Waals surface area contributed by atoms with Crippen molar-refractivity contribution in [2.24, 2.45) is 0 Å². The lowest BCUT2D eigenvalue weighted by Gasteiger charge is -2.14. The van der Waals surface area contributed by atoms with Gasteiger partial charge in [-0.15, -0.1) is 0 Å². The summed E-state index contributed by atoms with van der Waals surface area (Å²) in [5, 5.41) is 0. The average molecular weight is 208 g/mol. The van der Waals surface area contributed by atoms with Crippen LogP contribution >= 0.6 is 0 Å². The molecule has 0 spiro atoms. The predicted molar refractivity (Wildman–Crippen MR) is 58.2 cm³/mol. The summed E-state index contributed by atoms with van der Waals surface area (Å²) in [4.78, 5) is 11.0. The minimum atomic E-state index is -0.458. The Labute approximate surface area is 89.6 Å². The number of amides is 1. The van der Waals surface area contributed by atoms with Gasteiger partial charge in [-0.2, -0.15) is 0 Å². The first kappa shape index (κ1) is 11.5. The quantitative estimate of drug-likeness (QED) is 0.744. The maximum atomic E-state index is 11.0. The number of benzene rings is 1. The second-order valence-corrected chi connectivity index (χ2v) is 3.12. The number of rotatable bonds is 4. The van der Waals surface area contributed by atoms with Crippen molar-refractivity contribution < 1.29 is 9.53 Å². The minimum absolute atomic E-state index is 0.0515. The van der Waals surface area contributed by atoms with Gasteiger partial charge < -0.3 is 4.74 Å². The molecule has 0 saturated carbocycles.